The molecule has 0 unspecified atom stereocenters. The van der Waals surface area contributed by atoms with Crippen molar-refractivity contribution in [2.24, 2.45) is 7.05 Å². The van der Waals surface area contributed by atoms with Crippen molar-refractivity contribution < 1.29 is 0 Å². The largest absolute Gasteiger partial charge is 0.306 e. The monoisotopic (exact) mass is 249 g/mol. The zero-order valence-corrected chi connectivity index (χ0v) is 11.6. The highest BCUT2D eigenvalue weighted by Gasteiger charge is 2.15. The summed E-state index contributed by atoms with van der Waals surface area (Å²) in [5.41, 5.74) is 5.03. The van der Waals surface area contributed by atoms with Crippen molar-refractivity contribution >= 4 is 11.3 Å². The number of nitrogens with zero attached hydrogens (tertiary/aromatic N) is 2. The number of nitrogens with one attached hydrogen (secondary N) is 1. The van der Waals surface area contributed by atoms with Crippen LogP contribution in [0.5, 0.6) is 0 Å². The first kappa shape index (κ1) is 12.3. The Morgan fingerprint density at radius 3 is 2.76 bits per heavy atom. The molecule has 4 heteroatoms. The van der Waals surface area contributed by atoms with E-state index in [-0.39, 0.29) is 0 Å². The topological polar surface area (TPSA) is 29.9 Å². The van der Waals surface area contributed by atoms with Crippen molar-refractivity contribution in [3.05, 3.63) is 39.3 Å². The molecule has 0 aliphatic heterocycles. The number of aryl methyl sites for hydroxylation is 2. The number of hydrogen-bond donors (Lipinski definition) is 1. The second kappa shape index (κ2) is 5.02. The Bertz CT molecular complexity index is 485. The lowest BCUT2D eigenvalue weighted by molar-refractivity contribution is 0.569. The highest BCUT2D eigenvalue weighted by atomic mass is 32.1. The van der Waals surface area contributed by atoms with Crippen molar-refractivity contribution in [1.29, 1.82) is 0 Å². The third-order valence-corrected chi connectivity index (χ3v) is 3.92. The lowest BCUT2D eigenvalue weighted by atomic mass is 10.1. The number of hydrogen-bond acceptors (Lipinski definition) is 3. The van der Waals surface area contributed by atoms with Gasteiger partial charge in [-0.3, -0.25) is 4.68 Å². The van der Waals surface area contributed by atoms with Gasteiger partial charge in [0, 0.05) is 30.9 Å². The molecule has 0 spiro atoms. The van der Waals surface area contributed by atoms with Gasteiger partial charge in [0.05, 0.1) is 5.69 Å². The van der Waals surface area contributed by atoms with E-state index in [0.717, 1.165) is 12.2 Å². The van der Waals surface area contributed by atoms with E-state index in [2.05, 4.69) is 48.0 Å². The van der Waals surface area contributed by atoms with E-state index >= 15 is 0 Å². The highest BCUT2D eigenvalue weighted by molar-refractivity contribution is 7.07. The fourth-order valence-electron chi connectivity index (χ4n) is 2.18. The van der Waals surface area contributed by atoms with Crippen LogP contribution < -0.4 is 5.32 Å². The Labute approximate surface area is 106 Å². The smallest absolute Gasteiger partial charge is 0.0644 e. The van der Waals surface area contributed by atoms with E-state index in [0.29, 0.717) is 6.04 Å². The maximum Gasteiger partial charge on any atom is 0.0644 e. The average Bonchev–Trinajstić information content (AvgIpc) is 2.86. The molecule has 0 radical (unpaired) electrons. The summed E-state index contributed by atoms with van der Waals surface area (Å²) in [6.07, 6.45) is 0. The van der Waals surface area contributed by atoms with Gasteiger partial charge in [-0.05, 0) is 43.2 Å². The Hall–Kier alpha value is -1.13. The molecule has 2 aromatic heterocycles. The molecular weight excluding hydrogens is 230 g/mol. The first-order chi connectivity index (χ1) is 8.09. The van der Waals surface area contributed by atoms with Gasteiger partial charge >= 0.3 is 0 Å². The second-order valence-corrected chi connectivity index (χ2v) is 5.22. The summed E-state index contributed by atoms with van der Waals surface area (Å²) in [5.74, 6) is 0. The molecule has 92 valence electrons. The first-order valence-corrected chi connectivity index (χ1v) is 6.78. The molecular formula is C13H19N3S. The SMILES string of the molecule is Cc1nn(C)c(C)c1[C@@H](C)NCc1ccsc1. The summed E-state index contributed by atoms with van der Waals surface area (Å²) in [4.78, 5) is 0. The van der Waals surface area contributed by atoms with Crippen LogP contribution in [0.25, 0.3) is 0 Å². The highest BCUT2D eigenvalue weighted by Crippen LogP contribution is 2.21. The zero-order valence-electron chi connectivity index (χ0n) is 10.8. The third kappa shape index (κ3) is 2.58. The van der Waals surface area contributed by atoms with Gasteiger partial charge in [0.25, 0.3) is 0 Å². The molecule has 0 aromatic carbocycles. The molecule has 17 heavy (non-hydrogen) atoms. The van der Waals surface area contributed by atoms with Crippen molar-refractivity contribution in [2.45, 2.75) is 33.4 Å². The second-order valence-electron chi connectivity index (χ2n) is 4.44. The summed E-state index contributed by atoms with van der Waals surface area (Å²) in [6.45, 7) is 7.31. The molecule has 0 amide bonds. The maximum atomic E-state index is 4.46. The van der Waals surface area contributed by atoms with E-state index in [1.165, 1.54) is 16.8 Å². The summed E-state index contributed by atoms with van der Waals surface area (Å²) in [7, 11) is 2.00. The Balaban J connectivity index is 2.07. The minimum Gasteiger partial charge on any atom is -0.306 e. The number of rotatable bonds is 4. The van der Waals surface area contributed by atoms with Crippen LogP contribution in [0.15, 0.2) is 16.8 Å². The van der Waals surface area contributed by atoms with Gasteiger partial charge < -0.3 is 5.32 Å². The van der Waals surface area contributed by atoms with Gasteiger partial charge in [0.1, 0.15) is 0 Å². The predicted molar refractivity (Wildman–Crippen MR) is 72.3 cm³/mol. The van der Waals surface area contributed by atoms with Crippen LogP contribution in [0.2, 0.25) is 0 Å². The minimum atomic E-state index is 0.337. The van der Waals surface area contributed by atoms with E-state index in [9.17, 15) is 0 Å². The van der Waals surface area contributed by atoms with E-state index in [1.807, 2.05) is 11.7 Å². The van der Waals surface area contributed by atoms with Crippen molar-refractivity contribution in [1.82, 2.24) is 15.1 Å². The van der Waals surface area contributed by atoms with Gasteiger partial charge in [0.2, 0.25) is 0 Å². The summed E-state index contributed by atoms with van der Waals surface area (Å²) in [6, 6.07) is 2.50. The molecule has 0 saturated carbocycles. The van der Waals surface area contributed by atoms with Gasteiger partial charge in [0.15, 0.2) is 0 Å². The normalized spacial score (nSPS) is 12.9. The third-order valence-electron chi connectivity index (χ3n) is 3.19. The van der Waals surface area contributed by atoms with Crippen LogP contribution in [0.4, 0.5) is 0 Å². The van der Waals surface area contributed by atoms with Gasteiger partial charge in [-0.1, -0.05) is 0 Å². The van der Waals surface area contributed by atoms with Gasteiger partial charge in [-0.2, -0.15) is 16.4 Å². The van der Waals surface area contributed by atoms with Gasteiger partial charge in [-0.15, -0.1) is 0 Å². The maximum absolute atomic E-state index is 4.46. The van der Waals surface area contributed by atoms with Crippen molar-refractivity contribution in [3.63, 3.8) is 0 Å². The molecule has 2 heterocycles. The molecule has 2 aromatic rings. The Kier molecular flexibility index (Phi) is 3.64. The van der Waals surface area contributed by atoms with E-state index < -0.39 is 0 Å². The molecule has 1 N–H and O–H groups in total. The molecule has 0 aliphatic carbocycles. The molecule has 1 atom stereocenters. The summed E-state index contributed by atoms with van der Waals surface area (Å²) in [5, 5.41) is 12.3. The lowest BCUT2D eigenvalue weighted by Crippen LogP contribution is -2.19. The van der Waals surface area contributed by atoms with Crippen molar-refractivity contribution in [2.75, 3.05) is 0 Å². The summed E-state index contributed by atoms with van der Waals surface area (Å²) < 4.78 is 1.95. The lowest BCUT2D eigenvalue weighted by Gasteiger charge is -2.14. The molecule has 0 fully saturated rings. The van der Waals surface area contributed by atoms with Crippen LogP contribution >= 0.6 is 11.3 Å². The fraction of sp³-hybridized carbons (Fsp3) is 0.462. The minimum absolute atomic E-state index is 0.337. The predicted octanol–water partition coefficient (Wildman–Crippen LogP) is 2.95. The quantitative estimate of drug-likeness (QED) is 0.903. The molecule has 2 rings (SSSR count). The number of thiophene rings is 1. The average molecular weight is 249 g/mol. The molecule has 0 bridgehead atoms. The first-order valence-electron chi connectivity index (χ1n) is 5.84. The van der Waals surface area contributed by atoms with Crippen molar-refractivity contribution in [3.8, 4) is 0 Å². The van der Waals surface area contributed by atoms with Gasteiger partial charge in [-0.25, -0.2) is 0 Å². The van der Waals surface area contributed by atoms with Crippen LogP contribution in [0.3, 0.4) is 0 Å². The molecule has 0 saturated heterocycles. The standard InChI is InChI=1S/C13H19N3S/c1-9(14-7-12-5-6-17-8-12)13-10(2)15-16(4)11(13)3/h5-6,8-9,14H,7H2,1-4H3/t9-/m1/s1. The summed E-state index contributed by atoms with van der Waals surface area (Å²) >= 11 is 1.74. The van der Waals surface area contributed by atoms with E-state index in [1.54, 1.807) is 11.3 Å². The zero-order chi connectivity index (χ0) is 12.4. The van der Waals surface area contributed by atoms with Crippen LogP contribution in [0, 0.1) is 13.8 Å². The Morgan fingerprint density at radius 1 is 1.47 bits per heavy atom. The van der Waals surface area contributed by atoms with Crippen LogP contribution in [0.1, 0.15) is 35.5 Å². The fourth-order valence-corrected chi connectivity index (χ4v) is 2.85. The van der Waals surface area contributed by atoms with Crippen LogP contribution in [-0.4, -0.2) is 9.78 Å². The van der Waals surface area contributed by atoms with Crippen LogP contribution in [-0.2, 0) is 13.6 Å². The number of aromatic nitrogens is 2. The Morgan fingerprint density at radius 2 is 2.24 bits per heavy atom. The molecule has 3 nitrogen and oxygen atoms in total. The van der Waals surface area contributed by atoms with E-state index in [4.69, 9.17) is 0 Å². The molecule has 0 aliphatic rings.